The number of hydrogen-bond acceptors (Lipinski definition) is 5. The van der Waals surface area contributed by atoms with Crippen LogP contribution < -0.4 is 9.47 Å². The lowest BCUT2D eigenvalue weighted by Crippen LogP contribution is -1.90. The number of carboxylic acid groups (broad SMARTS) is 1. The molecular formula is C15H15NO4S. The number of methoxy groups -OCH3 is 2. The lowest BCUT2D eigenvalue weighted by atomic mass is 10.2. The van der Waals surface area contributed by atoms with Crippen LogP contribution in [0.25, 0.3) is 16.6 Å². The van der Waals surface area contributed by atoms with E-state index in [1.807, 2.05) is 25.1 Å². The molecule has 0 amide bonds. The number of aromatic nitrogens is 1. The number of benzene rings is 1. The van der Waals surface area contributed by atoms with Crippen molar-refractivity contribution < 1.29 is 19.4 Å². The van der Waals surface area contributed by atoms with Crippen molar-refractivity contribution in [3.63, 3.8) is 0 Å². The summed E-state index contributed by atoms with van der Waals surface area (Å²) in [7, 11) is 3.16. The fourth-order valence-corrected chi connectivity index (χ4v) is 2.77. The van der Waals surface area contributed by atoms with Gasteiger partial charge >= 0.3 is 5.97 Å². The Balaban J connectivity index is 2.39. The van der Waals surface area contributed by atoms with Gasteiger partial charge in [0.05, 0.1) is 24.8 Å². The van der Waals surface area contributed by atoms with Crippen LogP contribution in [-0.2, 0) is 4.79 Å². The van der Waals surface area contributed by atoms with E-state index in [1.165, 1.54) is 11.3 Å². The van der Waals surface area contributed by atoms with Crippen LogP contribution in [0.15, 0.2) is 24.3 Å². The summed E-state index contributed by atoms with van der Waals surface area (Å²) >= 11 is 1.43. The van der Waals surface area contributed by atoms with E-state index < -0.39 is 5.97 Å². The van der Waals surface area contributed by atoms with E-state index in [2.05, 4.69) is 4.98 Å². The Kier molecular flexibility index (Phi) is 4.59. The summed E-state index contributed by atoms with van der Waals surface area (Å²) in [4.78, 5) is 15.9. The van der Waals surface area contributed by atoms with Crippen LogP contribution in [0.2, 0.25) is 0 Å². The maximum atomic E-state index is 10.6. The van der Waals surface area contributed by atoms with Crippen LogP contribution in [-0.4, -0.2) is 30.3 Å². The highest BCUT2D eigenvalue weighted by molar-refractivity contribution is 7.16. The normalized spacial score (nSPS) is 10.8. The molecular weight excluding hydrogens is 290 g/mol. The minimum absolute atomic E-state index is 0.630. The van der Waals surface area contributed by atoms with E-state index in [0.29, 0.717) is 11.5 Å². The lowest BCUT2D eigenvalue weighted by molar-refractivity contribution is -0.131. The van der Waals surface area contributed by atoms with E-state index in [0.717, 1.165) is 27.2 Å². The fraction of sp³-hybridized carbons (Fsp3) is 0.200. The van der Waals surface area contributed by atoms with Crippen LogP contribution in [0.5, 0.6) is 11.5 Å². The number of thiazole rings is 1. The van der Waals surface area contributed by atoms with Crippen LogP contribution in [0.1, 0.15) is 10.6 Å². The molecule has 1 N–H and O–H groups in total. The Bertz CT molecular complexity index is 691. The maximum absolute atomic E-state index is 10.6. The van der Waals surface area contributed by atoms with Gasteiger partial charge in [0.1, 0.15) is 5.01 Å². The summed E-state index contributed by atoms with van der Waals surface area (Å²) in [6.45, 7) is 1.85. The molecule has 0 radical (unpaired) electrons. The smallest absolute Gasteiger partial charge is 0.328 e. The first-order valence-corrected chi connectivity index (χ1v) is 6.97. The zero-order valence-electron chi connectivity index (χ0n) is 11.9. The molecule has 0 unspecified atom stereocenters. The maximum Gasteiger partial charge on any atom is 0.328 e. The number of aliphatic carboxylic acids is 1. The second-order valence-corrected chi connectivity index (χ2v) is 5.24. The number of rotatable bonds is 5. The van der Waals surface area contributed by atoms with E-state index in [9.17, 15) is 4.79 Å². The Morgan fingerprint density at radius 3 is 2.62 bits per heavy atom. The van der Waals surface area contributed by atoms with Crippen molar-refractivity contribution in [1.82, 2.24) is 4.98 Å². The number of ether oxygens (including phenoxy) is 2. The van der Waals surface area contributed by atoms with Gasteiger partial charge < -0.3 is 14.6 Å². The topological polar surface area (TPSA) is 68.7 Å². The van der Waals surface area contributed by atoms with Gasteiger partial charge in [-0.2, -0.15) is 0 Å². The van der Waals surface area contributed by atoms with Gasteiger partial charge in [0, 0.05) is 11.6 Å². The fourth-order valence-electron chi connectivity index (χ4n) is 1.80. The van der Waals surface area contributed by atoms with Crippen LogP contribution in [0.3, 0.4) is 0 Å². The van der Waals surface area contributed by atoms with Crippen molar-refractivity contribution in [1.29, 1.82) is 0 Å². The highest BCUT2D eigenvalue weighted by Crippen LogP contribution is 2.35. The third kappa shape index (κ3) is 3.41. The summed E-state index contributed by atoms with van der Waals surface area (Å²) in [6, 6.07) is 5.56. The first-order chi connectivity index (χ1) is 10.0. The van der Waals surface area contributed by atoms with Crippen molar-refractivity contribution in [2.75, 3.05) is 14.2 Å². The Hall–Kier alpha value is -2.34. The van der Waals surface area contributed by atoms with Crippen molar-refractivity contribution in [2.45, 2.75) is 6.92 Å². The molecule has 1 heterocycles. The first-order valence-electron chi connectivity index (χ1n) is 6.16. The van der Waals surface area contributed by atoms with E-state index in [1.54, 1.807) is 20.3 Å². The van der Waals surface area contributed by atoms with Gasteiger partial charge in [-0.1, -0.05) is 0 Å². The van der Waals surface area contributed by atoms with Crippen LogP contribution >= 0.6 is 11.3 Å². The average Bonchev–Trinajstić information content (AvgIpc) is 2.85. The third-order valence-electron chi connectivity index (χ3n) is 2.84. The quantitative estimate of drug-likeness (QED) is 0.859. The Morgan fingerprint density at radius 2 is 2.00 bits per heavy atom. The molecule has 0 atom stereocenters. The van der Waals surface area contributed by atoms with E-state index >= 15 is 0 Å². The Morgan fingerprint density at radius 1 is 1.29 bits per heavy atom. The molecule has 0 saturated carbocycles. The molecule has 1 aromatic carbocycles. The first kappa shape index (κ1) is 15.1. The van der Waals surface area contributed by atoms with Crippen molar-refractivity contribution >= 4 is 23.4 Å². The third-order valence-corrected chi connectivity index (χ3v) is 4.01. The summed E-state index contributed by atoms with van der Waals surface area (Å²) in [6.07, 6.45) is 2.67. The van der Waals surface area contributed by atoms with Crippen molar-refractivity contribution in [3.05, 3.63) is 34.8 Å². The number of carbonyl (C=O) groups is 1. The lowest BCUT2D eigenvalue weighted by Gasteiger charge is -2.08. The monoisotopic (exact) mass is 305 g/mol. The molecule has 0 aliphatic carbocycles. The second-order valence-electron chi connectivity index (χ2n) is 4.21. The summed E-state index contributed by atoms with van der Waals surface area (Å²) in [5.74, 6) is 0.307. The molecule has 2 aromatic rings. The zero-order chi connectivity index (χ0) is 15.4. The predicted octanol–water partition coefficient (Wildman–Crippen LogP) is 3.23. The second kappa shape index (κ2) is 6.41. The van der Waals surface area contributed by atoms with Crippen LogP contribution in [0, 0.1) is 6.92 Å². The minimum Gasteiger partial charge on any atom is -0.493 e. The molecule has 21 heavy (non-hydrogen) atoms. The van der Waals surface area contributed by atoms with Crippen molar-refractivity contribution in [2.24, 2.45) is 0 Å². The van der Waals surface area contributed by atoms with Gasteiger partial charge in [0.25, 0.3) is 0 Å². The highest BCUT2D eigenvalue weighted by Gasteiger charge is 2.11. The molecule has 110 valence electrons. The molecule has 2 rings (SSSR count). The summed E-state index contributed by atoms with van der Waals surface area (Å²) in [5.41, 5.74) is 1.69. The molecule has 0 bridgehead atoms. The number of carboxylic acids is 1. The molecule has 1 aromatic heterocycles. The van der Waals surface area contributed by atoms with Gasteiger partial charge in [-0.25, -0.2) is 9.78 Å². The predicted molar refractivity (Wildman–Crippen MR) is 82.1 cm³/mol. The Labute approximate surface area is 126 Å². The average molecular weight is 305 g/mol. The SMILES string of the molecule is COc1ccc(-c2nc(C)c(/C=C/C(=O)O)s2)cc1OC. The number of aryl methyl sites for hydroxylation is 1. The van der Waals surface area contributed by atoms with Gasteiger partial charge in [-0.15, -0.1) is 11.3 Å². The van der Waals surface area contributed by atoms with Gasteiger partial charge in [-0.3, -0.25) is 0 Å². The van der Waals surface area contributed by atoms with Crippen molar-refractivity contribution in [3.8, 4) is 22.1 Å². The zero-order valence-corrected chi connectivity index (χ0v) is 12.7. The summed E-state index contributed by atoms with van der Waals surface area (Å²) < 4.78 is 10.5. The molecule has 0 aliphatic rings. The minimum atomic E-state index is -0.976. The highest BCUT2D eigenvalue weighted by atomic mass is 32.1. The largest absolute Gasteiger partial charge is 0.493 e. The van der Waals surface area contributed by atoms with Gasteiger partial charge in [0.2, 0.25) is 0 Å². The number of hydrogen-bond donors (Lipinski definition) is 1. The molecule has 5 nitrogen and oxygen atoms in total. The molecule has 6 heteroatoms. The molecule has 0 aliphatic heterocycles. The van der Waals surface area contributed by atoms with Crippen LogP contribution in [0.4, 0.5) is 0 Å². The standard InChI is InChI=1S/C15H15NO4S/c1-9-13(6-7-14(17)18)21-15(16-9)10-4-5-11(19-2)12(8-10)20-3/h4-8H,1-3H3,(H,17,18)/b7-6+. The van der Waals surface area contributed by atoms with Gasteiger partial charge in [-0.05, 0) is 31.2 Å². The van der Waals surface area contributed by atoms with E-state index in [4.69, 9.17) is 14.6 Å². The number of nitrogens with zero attached hydrogens (tertiary/aromatic N) is 1. The summed E-state index contributed by atoms with van der Waals surface area (Å²) in [5, 5.41) is 9.49. The molecule has 0 spiro atoms. The molecule has 0 fully saturated rings. The van der Waals surface area contributed by atoms with Gasteiger partial charge in [0.15, 0.2) is 11.5 Å². The molecule has 0 saturated heterocycles. The van der Waals surface area contributed by atoms with E-state index in [-0.39, 0.29) is 0 Å².